The highest BCUT2D eigenvalue weighted by molar-refractivity contribution is 6.11. The molecule has 4 rings (SSSR count). The number of aryl methyl sites for hydroxylation is 1. The molecule has 1 fully saturated rings. The Morgan fingerprint density at radius 2 is 1.82 bits per heavy atom. The third kappa shape index (κ3) is 4.79. The van der Waals surface area contributed by atoms with Gasteiger partial charge >= 0.3 is 0 Å². The van der Waals surface area contributed by atoms with Crippen LogP contribution >= 0.6 is 0 Å². The van der Waals surface area contributed by atoms with Crippen molar-refractivity contribution in [1.29, 1.82) is 0 Å². The zero-order chi connectivity index (χ0) is 23.4. The fraction of sp³-hybridized carbons (Fsp3) is 0.609. The van der Waals surface area contributed by atoms with E-state index < -0.39 is 5.60 Å². The Kier molecular flexibility index (Phi) is 6.80. The molecule has 0 aromatic carbocycles. The van der Waals surface area contributed by atoms with E-state index in [1.54, 1.807) is 20.3 Å². The van der Waals surface area contributed by atoms with Crippen molar-refractivity contribution in [3.05, 3.63) is 18.0 Å². The van der Waals surface area contributed by atoms with Crippen LogP contribution in [0, 0.1) is 0 Å². The highest BCUT2D eigenvalue weighted by atomic mass is 16.7. The van der Waals surface area contributed by atoms with Gasteiger partial charge in [0.05, 0.1) is 35.8 Å². The lowest BCUT2D eigenvalue weighted by Crippen LogP contribution is -2.40. The predicted molar refractivity (Wildman–Crippen MR) is 126 cm³/mol. The molecule has 0 atom stereocenters. The van der Waals surface area contributed by atoms with E-state index in [2.05, 4.69) is 31.2 Å². The highest BCUT2D eigenvalue weighted by Crippen LogP contribution is 2.37. The Balaban J connectivity index is 1.70. The zero-order valence-electron chi connectivity index (χ0n) is 19.6. The fourth-order valence-corrected chi connectivity index (χ4v) is 4.76. The first kappa shape index (κ1) is 23.0. The SMILES string of the molecule is CCn1ncc2c(NC3CCCCC3)c(C3=NOC(CC(=O)NC)(CC(=O)NC)C3)cnc21. The van der Waals surface area contributed by atoms with E-state index >= 15 is 0 Å². The van der Waals surface area contributed by atoms with Gasteiger partial charge < -0.3 is 20.8 Å². The third-order valence-corrected chi connectivity index (χ3v) is 6.59. The van der Waals surface area contributed by atoms with Gasteiger partial charge in [-0.1, -0.05) is 24.4 Å². The van der Waals surface area contributed by atoms with Gasteiger partial charge in [0, 0.05) is 44.9 Å². The smallest absolute Gasteiger partial charge is 0.223 e. The quantitative estimate of drug-likeness (QED) is 0.562. The van der Waals surface area contributed by atoms with Crippen molar-refractivity contribution in [3.8, 4) is 0 Å². The van der Waals surface area contributed by atoms with Gasteiger partial charge in [-0.15, -0.1) is 0 Å². The standard InChI is InChI=1S/C23H33N7O3/c1-4-30-22-17(14-27-30)21(28-15-8-6-5-7-9-15)16(13-26-22)18-10-23(33-29-18,11-19(31)24-2)12-20(32)25-3/h13-15H,4-12H2,1-3H3,(H,24,31)(H,25,32)(H,26,28). The molecule has 1 aliphatic heterocycles. The molecule has 0 unspecified atom stereocenters. The lowest BCUT2D eigenvalue weighted by Gasteiger charge is -2.26. The molecule has 3 N–H and O–H groups in total. The van der Waals surface area contributed by atoms with Crippen molar-refractivity contribution in [1.82, 2.24) is 25.4 Å². The van der Waals surface area contributed by atoms with Crippen molar-refractivity contribution >= 4 is 34.2 Å². The van der Waals surface area contributed by atoms with Crippen molar-refractivity contribution in [2.45, 2.75) is 76.5 Å². The molecule has 0 spiro atoms. The predicted octanol–water partition coefficient (Wildman–Crippen LogP) is 2.33. The summed E-state index contributed by atoms with van der Waals surface area (Å²) in [5, 5.41) is 18.8. The number of amides is 2. The van der Waals surface area contributed by atoms with E-state index in [4.69, 9.17) is 4.84 Å². The summed E-state index contributed by atoms with van der Waals surface area (Å²) in [6.45, 7) is 2.77. The van der Waals surface area contributed by atoms with Gasteiger partial charge in [0.2, 0.25) is 11.8 Å². The monoisotopic (exact) mass is 455 g/mol. The molecule has 2 aromatic rings. The number of hydrogen-bond acceptors (Lipinski definition) is 7. The largest absolute Gasteiger partial charge is 0.387 e. The second-order valence-electron chi connectivity index (χ2n) is 8.91. The Morgan fingerprint density at radius 1 is 1.12 bits per heavy atom. The van der Waals surface area contributed by atoms with E-state index in [1.807, 2.05) is 17.8 Å². The number of nitrogens with zero attached hydrogens (tertiary/aromatic N) is 4. The lowest BCUT2D eigenvalue weighted by molar-refractivity contribution is -0.133. The van der Waals surface area contributed by atoms with E-state index in [1.165, 1.54) is 19.3 Å². The molecular weight excluding hydrogens is 422 g/mol. The lowest BCUT2D eigenvalue weighted by atomic mass is 9.87. The van der Waals surface area contributed by atoms with Crippen molar-refractivity contribution in [2.75, 3.05) is 19.4 Å². The number of aromatic nitrogens is 3. The fourth-order valence-electron chi connectivity index (χ4n) is 4.76. The normalized spacial score (nSPS) is 18.0. The summed E-state index contributed by atoms with van der Waals surface area (Å²) in [6.07, 6.45) is 9.99. The van der Waals surface area contributed by atoms with Gasteiger partial charge in [0.1, 0.15) is 0 Å². The van der Waals surface area contributed by atoms with E-state index in [0.717, 1.165) is 41.7 Å². The zero-order valence-corrected chi connectivity index (χ0v) is 19.6. The first-order valence-corrected chi connectivity index (χ1v) is 11.8. The second-order valence-corrected chi connectivity index (χ2v) is 8.91. The van der Waals surface area contributed by atoms with Crippen LogP contribution in [0.1, 0.15) is 63.9 Å². The Labute approximate surface area is 193 Å². The van der Waals surface area contributed by atoms with Crippen LogP contribution in [0.2, 0.25) is 0 Å². The number of anilines is 1. The van der Waals surface area contributed by atoms with Crippen LogP contribution in [0.3, 0.4) is 0 Å². The highest BCUT2D eigenvalue weighted by Gasteiger charge is 2.44. The molecule has 0 saturated heterocycles. The van der Waals surface area contributed by atoms with E-state index in [9.17, 15) is 9.59 Å². The number of carbonyl (C=O) groups is 2. The topological polar surface area (TPSA) is 123 Å². The van der Waals surface area contributed by atoms with Gasteiger partial charge in [-0.2, -0.15) is 5.10 Å². The number of nitrogens with one attached hydrogen (secondary N) is 3. The van der Waals surface area contributed by atoms with Crippen LogP contribution in [-0.2, 0) is 21.0 Å². The molecule has 3 heterocycles. The third-order valence-electron chi connectivity index (χ3n) is 6.59. The van der Waals surface area contributed by atoms with Crippen molar-refractivity contribution in [3.63, 3.8) is 0 Å². The number of hydrogen-bond donors (Lipinski definition) is 3. The summed E-state index contributed by atoms with van der Waals surface area (Å²) in [5.74, 6) is -0.401. The van der Waals surface area contributed by atoms with Crippen molar-refractivity contribution < 1.29 is 14.4 Å². The minimum atomic E-state index is -1.03. The molecule has 2 aliphatic rings. The molecule has 1 aliphatic carbocycles. The summed E-state index contributed by atoms with van der Waals surface area (Å²) in [5.41, 5.74) is 2.25. The average molecular weight is 456 g/mol. The van der Waals surface area contributed by atoms with Crippen LogP contribution in [-0.4, -0.2) is 58.0 Å². The minimum Gasteiger partial charge on any atom is -0.387 e. The van der Waals surface area contributed by atoms with Crippen LogP contribution in [0.25, 0.3) is 11.0 Å². The summed E-state index contributed by atoms with van der Waals surface area (Å²) >= 11 is 0. The maximum atomic E-state index is 12.2. The van der Waals surface area contributed by atoms with Gasteiger partial charge in [0.15, 0.2) is 11.2 Å². The number of fused-ring (bicyclic) bond motifs is 1. The summed E-state index contributed by atoms with van der Waals surface area (Å²) in [7, 11) is 3.14. The second kappa shape index (κ2) is 9.76. The van der Waals surface area contributed by atoms with Crippen LogP contribution in [0.15, 0.2) is 17.5 Å². The number of rotatable bonds is 8. The molecule has 10 heteroatoms. The molecule has 0 bridgehead atoms. The maximum absolute atomic E-state index is 12.2. The average Bonchev–Trinajstić information content (AvgIpc) is 3.44. The van der Waals surface area contributed by atoms with Crippen LogP contribution in [0.5, 0.6) is 0 Å². The Hall–Kier alpha value is -3.17. The number of oxime groups is 1. The van der Waals surface area contributed by atoms with Crippen LogP contribution < -0.4 is 16.0 Å². The van der Waals surface area contributed by atoms with Gasteiger partial charge in [-0.25, -0.2) is 9.67 Å². The first-order chi connectivity index (χ1) is 16.0. The molecule has 2 aromatic heterocycles. The van der Waals surface area contributed by atoms with Gasteiger partial charge in [0.25, 0.3) is 0 Å². The maximum Gasteiger partial charge on any atom is 0.223 e. The Morgan fingerprint density at radius 3 is 2.45 bits per heavy atom. The molecule has 10 nitrogen and oxygen atoms in total. The molecular formula is C23H33N7O3. The Bertz CT molecular complexity index is 1040. The van der Waals surface area contributed by atoms with E-state index in [-0.39, 0.29) is 24.7 Å². The summed E-state index contributed by atoms with van der Waals surface area (Å²) in [4.78, 5) is 34.9. The van der Waals surface area contributed by atoms with Crippen molar-refractivity contribution in [2.24, 2.45) is 5.16 Å². The van der Waals surface area contributed by atoms with Gasteiger partial charge in [-0.05, 0) is 19.8 Å². The molecule has 0 radical (unpaired) electrons. The van der Waals surface area contributed by atoms with E-state index in [0.29, 0.717) is 18.2 Å². The van der Waals surface area contributed by atoms with Gasteiger partial charge in [-0.3, -0.25) is 9.59 Å². The minimum absolute atomic E-state index is 0.0404. The molecule has 178 valence electrons. The molecule has 33 heavy (non-hydrogen) atoms. The molecule has 2 amide bonds. The first-order valence-electron chi connectivity index (χ1n) is 11.8. The number of pyridine rings is 1. The van der Waals surface area contributed by atoms with Crippen LogP contribution in [0.4, 0.5) is 5.69 Å². The number of carbonyl (C=O) groups excluding carboxylic acids is 2. The summed E-state index contributed by atoms with van der Waals surface area (Å²) in [6, 6.07) is 0.373. The summed E-state index contributed by atoms with van der Waals surface area (Å²) < 4.78 is 1.87. The molecule has 1 saturated carbocycles.